The summed E-state index contributed by atoms with van der Waals surface area (Å²) in [6.07, 6.45) is 0. The van der Waals surface area contributed by atoms with Gasteiger partial charge in [-0.1, -0.05) is 60.7 Å². The van der Waals surface area contributed by atoms with Gasteiger partial charge < -0.3 is 16.5 Å². The number of H-pyrrole nitrogens is 1. The van der Waals surface area contributed by atoms with Gasteiger partial charge in [0.05, 0.1) is 5.52 Å². The topological polar surface area (TPSA) is 67.8 Å². The summed E-state index contributed by atoms with van der Waals surface area (Å²) in [6.45, 7) is 0. The van der Waals surface area contributed by atoms with Crippen molar-refractivity contribution in [2.75, 3.05) is 11.5 Å². The van der Waals surface area contributed by atoms with Crippen LogP contribution in [0.4, 0.5) is 11.4 Å². The molecule has 0 radical (unpaired) electrons. The molecule has 27 heavy (non-hydrogen) atoms. The first kappa shape index (κ1) is 15.5. The minimum Gasteiger partial charge on any atom is -0.399 e. The largest absolute Gasteiger partial charge is 0.399 e. The number of nitrogens with one attached hydrogen (secondary N) is 1. The van der Waals surface area contributed by atoms with E-state index in [9.17, 15) is 0 Å². The van der Waals surface area contributed by atoms with Gasteiger partial charge in [-0.05, 0) is 35.4 Å². The van der Waals surface area contributed by atoms with Gasteiger partial charge in [0, 0.05) is 38.8 Å². The third-order valence-electron chi connectivity index (χ3n) is 5.08. The maximum Gasteiger partial charge on any atom is 0.0552 e. The van der Waals surface area contributed by atoms with E-state index in [-0.39, 0.29) is 0 Å². The summed E-state index contributed by atoms with van der Waals surface area (Å²) in [7, 11) is 0. The number of aromatic nitrogens is 1. The van der Waals surface area contributed by atoms with Crippen LogP contribution in [0.25, 0.3) is 44.1 Å². The van der Waals surface area contributed by atoms with Crippen LogP contribution in [0.5, 0.6) is 0 Å². The SMILES string of the molecule is Nc1ccc2[nH]c3c(-c4ccccc4)c(-c4ccccc4)c(N)cc3c2c1. The van der Waals surface area contributed by atoms with Crippen molar-refractivity contribution >= 4 is 33.2 Å². The Morgan fingerprint density at radius 2 is 1.22 bits per heavy atom. The number of nitrogens with two attached hydrogens (primary N) is 2. The van der Waals surface area contributed by atoms with Crippen molar-refractivity contribution in [1.29, 1.82) is 0 Å². The first-order valence-electron chi connectivity index (χ1n) is 8.96. The van der Waals surface area contributed by atoms with Crippen LogP contribution in [0.2, 0.25) is 0 Å². The molecule has 5 aromatic rings. The van der Waals surface area contributed by atoms with E-state index in [1.807, 2.05) is 42.5 Å². The van der Waals surface area contributed by atoms with Crippen LogP contribution in [0.3, 0.4) is 0 Å². The van der Waals surface area contributed by atoms with E-state index in [2.05, 4.69) is 47.4 Å². The van der Waals surface area contributed by atoms with E-state index < -0.39 is 0 Å². The molecule has 5 rings (SSSR count). The van der Waals surface area contributed by atoms with E-state index in [1.165, 1.54) is 0 Å². The molecule has 1 heterocycles. The fraction of sp³-hybridized carbons (Fsp3) is 0. The fourth-order valence-corrected chi connectivity index (χ4v) is 3.88. The lowest BCUT2D eigenvalue weighted by Gasteiger charge is -2.15. The first-order chi connectivity index (χ1) is 13.2. The normalized spacial score (nSPS) is 11.3. The molecule has 0 saturated carbocycles. The van der Waals surface area contributed by atoms with E-state index in [0.29, 0.717) is 0 Å². The predicted octanol–water partition coefficient (Wildman–Crippen LogP) is 5.82. The molecule has 0 aliphatic rings. The summed E-state index contributed by atoms with van der Waals surface area (Å²) < 4.78 is 0. The molecule has 0 spiro atoms. The molecule has 0 atom stereocenters. The van der Waals surface area contributed by atoms with Crippen molar-refractivity contribution in [1.82, 2.24) is 4.98 Å². The molecular weight excluding hydrogens is 330 g/mol. The standard InChI is InChI=1S/C24H19N3/c25-17-11-12-21-18(13-17)19-14-20(26)22(15-7-3-1-4-8-15)23(24(19)27-21)16-9-5-2-6-10-16/h1-14,27H,25-26H2. The maximum absolute atomic E-state index is 6.60. The number of benzene rings is 4. The minimum absolute atomic E-state index is 0.746. The highest BCUT2D eigenvalue weighted by atomic mass is 14.7. The van der Waals surface area contributed by atoms with Crippen LogP contribution in [0.15, 0.2) is 84.9 Å². The van der Waals surface area contributed by atoms with E-state index in [0.717, 1.165) is 55.4 Å². The van der Waals surface area contributed by atoms with E-state index in [1.54, 1.807) is 0 Å². The Kier molecular flexibility index (Phi) is 3.41. The van der Waals surface area contributed by atoms with Gasteiger partial charge >= 0.3 is 0 Å². The quantitative estimate of drug-likeness (QED) is 0.352. The molecule has 3 heteroatoms. The van der Waals surface area contributed by atoms with E-state index in [4.69, 9.17) is 11.5 Å². The molecule has 3 nitrogen and oxygen atoms in total. The van der Waals surface area contributed by atoms with Gasteiger partial charge in [0.15, 0.2) is 0 Å². The number of hydrogen-bond donors (Lipinski definition) is 3. The summed E-state index contributed by atoms with van der Waals surface area (Å²) in [5.74, 6) is 0. The molecule has 0 unspecified atom stereocenters. The van der Waals surface area contributed by atoms with Crippen molar-refractivity contribution in [3.63, 3.8) is 0 Å². The molecule has 5 N–H and O–H groups in total. The van der Waals surface area contributed by atoms with E-state index >= 15 is 0 Å². The summed E-state index contributed by atoms with van der Waals surface area (Å²) >= 11 is 0. The highest BCUT2D eigenvalue weighted by Crippen LogP contribution is 2.44. The van der Waals surface area contributed by atoms with Gasteiger partial charge in [-0.15, -0.1) is 0 Å². The summed E-state index contributed by atoms with van der Waals surface area (Å²) in [5.41, 5.74) is 20.7. The Balaban J connectivity index is 1.98. The van der Waals surface area contributed by atoms with Crippen LogP contribution in [0.1, 0.15) is 0 Å². The summed E-state index contributed by atoms with van der Waals surface area (Å²) in [4.78, 5) is 3.60. The summed E-state index contributed by atoms with van der Waals surface area (Å²) in [6, 6.07) is 28.7. The third kappa shape index (κ3) is 2.44. The number of nitrogen functional groups attached to an aromatic ring is 2. The Morgan fingerprint density at radius 3 is 1.89 bits per heavy atom. The summed E-state index contributed by atoms with van der Waals surface area (Å²) in [5, 5.41) is 2.18. The average molecular weight is 349 g/mol. The molecule has 1 aromatic heterocycles. The second kappa shape index (κ2) is 5.92. The lowest BCUT2D eigenvalue weighted by Crippen LogP contribution is -1.95. The Morgan fingerprint density at radius 1 is 0.593 bits per heavy atom. The zero-order chi connectivity index (χ0) is 18.4. The lowest BCUT2D eigenvalue weighted by atomic mass is 9.90. The molecule has 0 aliphatic carbocycles. The van der Waals surface area contributed by atoms with Gasteiger partial charge in [-0.3, -0.25) is 0 Å². The smallest absolute Gasteiger partial charge is 0.0552 e. The van der Waals surface area contributed by atoms with Crippen molar-refractivity contribution in [2.24, 2.45) is 0 Å². The number of fused-ring (bicyclic) bond motifs is 3. The Hall–Kier alpha value is -3.72. The third-order valence-corrected chi connectivity index (χ3v) is 5.08. The second-order valence-electron chi connectivity index (χ2n) is 6.80. The molecule has 4 aromatic carbocycles. The average Bonchev–Trinajstić information content (AvgIpc) is 3.05. The van der Waals surface area contributed by atoms with Crippen LogP contribution < -0.4 is 11.5 Å². The van der Waals surface area contributed by atoms with Crippen molar-refractivity contribution in [2.45, 2.75) is 0 Å². The molecule has 0 saturated heterocycles. The number of aromatic amines is 1. The molecule has 0 fully saturated rings. The van der Waals surface area contributed by atoms with Crippen molar-refractivity contribution < 1.29 is 0 Å². The second-order valence-corrected chi connectivity index (χ2v) is 6.80. The molecule has 0 bridgehead atoms. The van der Waals surface area contributed by atoms with Gasteiger partial charge in [0.2, 0.25) is 0 Å². The zero-order valence-corrected chi connectivity index (χ0v) is 14.7. The Bertz CT molecular complexity index is 1270. The number of anilines is 2. The van der Waals surface area contributed by atoms with Gasteiger partial charge in [-0.25, -0.2) is 0 Å². The highest BCUT2D eigenvalue weighted by molar-refractivity contribution is 6.17. The zero-order valence-electron chi connectivity index (χ0n) is 14.7. The van der Waals surface area contributed by atoms with Crippen molar-refractivity contribution in [3.05, 3.63) is 84.9 Å². The number of hydrogen-bond acceptors (Lipinski definition) is 2. The van der Waals surface area contributed by atoms with Gasteiger partial charge in [0.1, 0.15) is 0 Å². The highest BCUT2D eigenvalue weighted by Gasteiger charge is 2.18. The Labute approximate surface area is 157 Å². The molecule has 0 aliphatic heterocycles. The van der Waals surface area contributed by atoms with Crippen LogP contribution in [-0.4, -0.2) is 4.98 Å². The monoisotopic (exact) mass is 349 g/mol. The molecule has 0 amide bonds. The minimum atomic E-state index is 0.746. The number of rotatable bonds is 2. The fourth-order valence-electron chi connectivity index (χ4n) is 3.88. The predicted molar refractivity (Wildman–Crippen MR) is 116 cm³/mol. The van der Waals surface area contributed by atoms with Gasteiger partial charge in [-0.2, -0.15) is 0 Å². The molecular formula is C24H19N3. The molecule has 130 valence electrons. The lowest BCUT2D eigenvalue weighted by molar-refractivity contribution is 1.52. The maximum atomic E-state index is 6.60. The van der Waals surface area contributed by atoms with Crippen molar-refractivity contribution in [3.8, 4) is 22.3 Å². The van der Waals surface area contributed by atoms with Gasteiger partial charge in [0.25, 0.3) is 0 Å². The van der Waals surface area contributed by atoms with Crippen LogP contribution in [0, 0.1) is 0 Å². The van der Waals surface area contributed by atoms with Crippen LogP contribution >= 0.6 is 0 Å². The van der Waals surface area contributed by atoms with Crippen LogP contribution in [-0.2, 0) is 0 Å². The first-order valence-corrected chi connectivity index (χ1v) is 8.96.